The number of rotatable bonds is 1. The van der Waals surface area contributed by atoms with Crippen molar-refractivity contribution in [2.75, 3.05) is 20.3 Å². The van der Waals surface area contributed by atoms with Crippen LogP contribution in [0.15, 0.2) is 285 Å². The Hall–Kier alpha value is -9.84. The maximum Gasteiger partial charge on any atom is 0.123 e. The number of ether oxygens (including phenoxy) is 2. The van der Waals surface area contributed by atoms with Crippen molar-refractivity contribution < 1.29 is 18.3 Å². The Morgan fingerprint density at radius 1 is 0.411 bits per heavy atom. The van der Waals surface area contributed by atoms with Crippen LogP contribution in [0.1, 0.15) is 113 Å². The van der Waals surface area contributed by atoms with Crippen LogP contribution in [0, 0.1) is 140 Å². The van der Waals surface area contributed by atoms with Crippen LogP contribution in [-0.2, 0) is 4.74 Å². The van der Waals surface area contributed by atoms with Gasteiger partial charge < -0.3 is 9.47 Å². The molecule has 6 heterocycles. The number of nitrogens with zero attached hydrogens (tertiary/aromatic N) is 6. The number of aromatic nitrogens is 5. The fraction of sp³-hybridized carbons (Fsp3) is 0.247. The van der Waals surface area contributed by atoms with Gasteiger partial charge in [0.15, 0.2) is 0 Å². The number of hydrogen-bond acceptors (Lipinski definition) is 10. The van der Waals surface area contributed by atoms with E-state index in [0.29, 0.717) is 0 Å². The van der Waals surface area contributed by atoms with Crippen molar-refractivity contribution >= 4 is 45.9 Å². The molecule has 1 aliphatic heterocycles. The van der Waals surface area contributed by atoms with Crippen molar-refractivity contribution in [2.45, 2.75) is 131 Å². The second-order valence-electron chi connectivity index (χ2n) is 24.8. The van der Waals surface area contributed by atoms with Gasteiger partial charge in [-0.05, 0) is 265 Å². The quantitative estimate of drug-likeness (QED) is 0.160. The van der Waals surface area contributed by atoms with Gasteiger partial charge in [-0.15, -0.1) is 22.7 Å². The first-order valence-electron chi connectivity index (χ1n) is 35.1. The Morgan fingerprint density at radius 2 is 0.907 bits per heavy atom. The summed E-state index contributed by atoms with van der Waals surface area (Å²) in [5, 5.41) is 12.1. The van der Waals surface area contributed by atoms with E-state index in [4.69, 9.17) is 37.9 Å². The lowest BCUT2D eigenvalue weighted by Crippen LogP contribution is -2.12. The lowest BCUT2D eigenvalue weighted by Gasteiger charge is -2.16. The highest BCUT2D eigenvalue weighted by molar-refractivity contribution is 7.10. The standard InChI is InChI=1S/C8H9Cl.C8H9F.C8H7N.C8H10O.C8H10.C7H7Cl.C7H7F.C7H8.2C6H7N.C6H12O.C5H6N2.C5H6S.C4H5NS/c1-6-3-4-8(9)7(2)5-6;1-6-3-4-8(9)5-7(6)2;1-7-2-4-8(6-9)5-3-7;1-7-3-5-8(9-2)6-4-7;1-7-5-3-4-6-8(7)2;2*1-6-2-4-7(8)5-3-6;1-7-5-3-2-4-6-7;1-6-2-4-7-5-3-6;1-6-4-2-3-5-7-6;1-6-2-4-7-5-3-6;1-5-4-6-2-3-7-5;1-5-3-2-4-6-5;1-4-2-5-3-6-4/h2*3-5H,1-2H3;2-5H,1H3;3-6H,1-2H3;3-6H,1-2H3;2*2-5H,1H3;2-6H,1H3;2*2-5H,1H3;6H,2-5H2,1H3;2-4H,1H3;2-4H,1H3;2-3H,1H3. The van der Waals surface area contributed by atoms with Crippen molar-refractivity contribution in [1.29, 1.82) is 5.26 Å². The summed E-state index contributed by atoms with van der Waals surface area (Å²) in [5.41, 5.74) is 19.2. The van der Waals surface area contributed by atoms with Gasteiger partial charge in [0.1, 0.15) is 17.4 Å². The number of pyridine rings is 2. The van der Waals surface area contributed by atoms with E-state index in [-0.39, 0.29) is 11.6 Å². The van der Waals surface area contributed by atoms with E-state index in [1.165, 1.54) is 91.4 Å². The van der Waals surface area contributed by atoms with E-state index in [9.17, 15) is 8.78 Å². The van der Waals surface area contributed by atoms with Crippen LogP contribution >= 0.6 is 45.9 Å². The van der Waals surface area contributed by atoms with Gasteiger partial charge in [0.25, 0.3) is 0 Å². The maximum atomic E-state index is 12.3. The summed E-state index contributed by atoms with van der Waals surface area (Å²) >= 11 is 14.8. The summed E-state index contributed by atoms with van der Waals surface area (Å²) in [4.78, 5) is 22.1. The first-order chi connectivity index (χ1) is 51.2. The second kappa shape index (κ2) is 60.3. The van der Waals surface area contributed by atoms with E-state index in [1.54, 1.807) is 85.2 Å². The van der Waals surface area contributed by atoms with Gasteiger partial charge in [-0.25, -0.2) is 8.78 Å². The molecule has 0 unspecified atom stereocenters. The van der Waals surface area contributed by atoms with Gasteiger partial charge in [0.05, 0.1) is 29.9 Å². The molecule has 8 aromatic carbocycles. The lowest BCUT2D eigenvalue weighted by molar-refractivity contribution is 0.0716. The molecule has 0 saturated carbocycles. The largest absolute Gasteiger partial charge is 0.497 e. The Balaban J connectivity index is 0.000000577. The van der Waals surface area contributed by atoms with Gasteiger partial charge in [-0.3, -0.25) is 24.9 Å². The molecule has 0 spiro atoms. The molecule has 0 radical (unpaired) electrons. The van der Waals surface area contributed by atoms with E-state index >= 15 is 0 Å². The topological polar surface area (TPSA) is 107 Å². The molecule has 0 atom stereocenters. The fourth-order valence-electron chi connectivity index (χ4n) is 7.77. The zero-order valence-electron chi connectivity index (χ0n) is 65.9. The zero-order chi connectivity index (χ0) is 79.4. The highest BCUT2D eigenvalue weighted by Crippen LogP contribution is 2.16. The van der Waals surface area contributed by atoms with Crippen molar-refractivity contribution in [3.05, 3.63) is 400 Å². The van der Waals surface area contributed by atoms with Crippen LogP contribution in [0.5, 0.6) is 5.75 Å². The van der Waals surface area contributed by atoms with Gasteiger partial charge in [0.2, 0.25) is 0 Å². The highest BCUT2D eigenvalue weighted by Gasteiger charge is 2.06. The summed E-state index contributed by atoms with van der Waals surface area (Å²) in [5.74, 6) is 1.50. The smallest absolute Gasteiger partial charge is 0.123 e. The SMILES string of the molecule is CC1CCOCC1.COc1ccc(C)cc1.Cc1ccc(C#N)cc1.Cc1ccc(Cl)c(C)c1.Cc1ccc(Cl)cc1.Cc1ccc(F)cc1.Cc1ccc(F)cc1C.Cc1ccccc1.Cc1ccccc1C.Cc1ccccn1.Cc1cccs1.Cc1ccncc1.Cc1cnccn1.Cc1cncs1. The minimum atomic E-state index is -0.171. The summed E-state index contributed by atoms with van der Waals surface area (Å²) < 4.78 is 34.5. The average molecular weight is 1520 g/mol. The van der Waals surface area contributed by atoms with Gasteiger partial charge in [-0.1, -0.05) is 197 Å². The maximum absolute atomic E-state index is 12.3. The average Bonchev–Trinajstić information content (AvgIpc) is 1.22. The third-order valence-electron chi connectivity index (χ3n) is 14.7. The van der Waals surface area contributed by atoms with Crippen LogP contribution in [0.25, 0.3) is 0 Å². The predicted octanol–water partition coefficient (Wildman–Crippen LogP) is 26.9. The van der Waals surface area contributed by atoms with Crippen molar-refractivity contribution in [2.24, 2.45) is 5.92 Å². The van der Waals surface area contributed by atoms with Crippen molar-refractivity contribution in [3.63, 3.8) is 0 Å². The van der Waals surface area contributed by atoms with Crippen molar-refractivity contribution in [1.82, 2.24) is 24.9 Å². The summed E-state index contributed by atoms with van der Waals surface area (Å²) in [7, 11) is 1.67. The minimum Gasteiger partial charge on any atom is -0.497 e. The number of aryl methyl sites for hydroxylation is 16. The molecule has 1 fully saturated rings. The van der Waals surface area contributed by atoms with Gasteiger partial charge in [-0.2, -0.15) is 5.26 Å². The third-order valence-corrected chi connectivity index (χ3v) is 16.9. The molecule has 5 aromatic heterocycles. The Kier molecular flexibility index (Phi) is 53.6. The number of thiophene rings is 1. The Morgan fingerprint density at radius 3 is 1.21 bits per heavy atom. The molecule has 0 amide bonds. The van der Waals surface area contributed by atoms with Crippen LogP contribution < -0.4 is 4.74 Å². The van der Waals surface area contributed by atoms with E-state index in [1.807, 2.05) is 214 Å². The number of halogens is 4. The molecule has 13 aromatic rings. The number of nitriles is 1. The highest BCUT2D eigenvalue weighted by atomic mass is 35.5. The minimum absolute atomic E-state index is 0.155. The molecule has 1 saturated heterocycles. The predicted molar refractivity (Wildman–Crippen MR) is 455 cm³/mol. The summed E-state index contributed by atoms with van der Waals surface area (Å²) in [6.07, 6.45) is 14.8. The normalized spacial score (nSPS) is 10.1. The number of benzene rings is 8. The molecular formula is C93H110Cl2F2N6O2S2. The first-order valence-corrected chi connectivity index (χ1v) is 37.6. The molecule has 14 rings (SSSR count). The lowest BCUT2D eigenvalue weighted by atomic mass is 10.0. The zero-order valence-corrected chi connectivity index (χ0v) is 69.0. The molecule has 14 heteroatoms. The van der Waals surface area contributed by atoms with E-state index in [0.717, 1.165) is 74.1 Å². The van der Waals surface area contributed by atoms with Crippen LogP contribution in [0.3, 0.4) is 0 Å². The molecule has 0 bridgehead atoms. The van der Waals surface area contributed by atoms with E-state index in [2.05, 4.69) is 139 Å². The van der Waals surface area contributed by atoms with E-state index < -0.39 is 0 Å². The summed E-state index contributed by atoms with van der Waals surface area (Å²) in [6, 6.07) is 75.0. The fourth-order valence-corrected chi connectivity index (χ4v) is 8.95. The number of thiazole rings is 1. The Bertz CT molecular complexity index is 3950. The number of methoxy groups -OCH3 is 1. The first kappa shape index (κ1) is 95.2. The molecule has 1 aliphatic rings. The van der Waals surface area contributed by atoms with Crippen LogP contribution in [-0.4, -0.2) is 45.2 Å². The molecule has 0 N–H and O–H groups in total. The molecule has 564 valence electrons. The molecule has 8 nitrogen and oxygen atoms in total. The third kappa shape index (κ3) is 54.4. The Labute approximate surface area is 658 Å². The number of hydrogen-bond donors (Lipinski definition) is 0. The van der Waals surface area contributed by atoms with Crippen LogP contribution in [0.2, 0.25) is 10.0 Å². The van der Waals surface area contributed by atoms with Crippen LogP contribution in [0.4, 0.5) is 8.78 Å². The second-order valence-corrected chi connectivity index (χ2v) is 27.9. The summed E-state index contributed by atoms with van der Waals surface area (Å²) in [6.45, 7) is 36.6. The van der Waals surface area contributed by atoms with Crippen molar-refractivity contribution in [3.8, 4) is 11.8 Å². The monoisotopic (exact) mass is 1510 g/mol. The molecule has 0 aliphatic carbocycles. The molecular weight excluding hydrogens is 1410 g/mol. The van der Waals surface area contributed by atoms with Gasteiger partial charge in [0, 0.05) is 82.1 Å². The van der Waals surface area contributed by atoms with Gasteiger partial charge >= 0.3 is 0 Å². The molecule has 107 heavy (non-hydrogen) atoms.